The van der Waals surface area contributed by atoms with Crippen LogP contribution in [0.25, 0.3) is 0 Å². The fourth-order valence-electron chi connectivity index (χ4n) is 1.32. The molecule has 0 radical (unpaired) electrons. The first-order chi connectivity index (χ1) is 8.27. The van der Waals surface area contributed by atoms with Crippen LogP contribution in [0.2, 0.25) is 0 Å². The van der Waals surface area contributed by atoms with Crippen LogP contribution in [0, 0.1) is 0 Å². The van der Waals surface area contributed by atoms with E-state index in [4.69, 9.17) is 4.74 Å². The molecule has 0 atom stereocenters. The number of nitrogens with one attached hydrogen (secondary N) is 1. The molecule has 0 bridgehead atoms. The van der Waals surface area contributed by atoms with Crippen LogP contribution in [0.15, 0.2) is 24.3 Å². The predicted octanol–water partition coefficient (Wildman–Crippen LogP) is 3.17. The topological polar surface area (TPSA) is 38.3 Å². The van der Waals surface area contributed by atoms with Gasteiger partial charge in [-0.25, -0.2) is 0 Å². The number of para-hydroxylation sites is 2. The Kier molecular flexibility index (Phi) is 6.55. The van der Waals surface area contributed by atoms with Gasteiger partial charge < -0.3 is 10.1 Å². The molecule has 94 valence electrons. The van der Waals surface area contributed by atoms with Crippen molar-refractivity contribution in [2.24, 2.45) is 0 Å². The van der Waals surface area contributed by atoms with Crippen molar-refractivity contribution in [3.63, 3.8) is 0 Å². The van der Waals surface area contributed by atoms with E-state index in [0.717, 1.165) is 23.6 Å². The summed E-state index contributed by atoms with van der Waals surface area (Å²) < 4.78 is 5.57. The molecule has 3 nitrogen and oxygen atoms in total. The van der Waals surface area contributed by atoms with Gasteiger partial charge in [-0.15, -0.1) is 0 Å². The van der Waals surface area contributed by atoms with Crippen LogP contribution in [0.5, 0.6) is 5.75 Å². The first kappa shape index (κ1) is 13.9. The van der Waals surface area contributed by atoms with Gasteiger partial charge in [0, 0.05) is 12.2 Å². The minimum absolute atomic E-state index is 0.0342. The number of hydrogen-bond acceptors (Lipinski definition) is 3. The molecule has 0 aromatic heterocycles. The monoisotopic (exact) mass is 253 g/mol. The Hall–Kier alpha value is -1.16. The van der Waals surface area contributed by atoms with Crippen LogP contribution in [-0.4, -0.2) is 24.5 Å². The van der Waals surface area contributed by atoms with Crippen molar-refractivity contribution in [1.29, 1.82) is 0 Å². The van der Waals surface area contributed by atoms with Gasteiger partial charge in [0.25, 0.3) is 0 Å². The first-order valence-corrected chi connectivity index (χ1v) is 7.18. The SMILES string of the molecule is CCCOc1ccccc1NC(=O)CCSC. The molecule has 1 aromatic carbocycles. The summed E-state index contributed by atoms with van der Waals surface area (Å²) >= 11 is 1.67. The Morgan fingerprint density at radius 1 is 1.41 bits per heavy atom. The average Bonchev–Trinajstić information content (AvgIpc) is 2.35. The normalized spacial score (nSPS) is 10.0. The fraction of sp³-hybridized carbons (Fsp3) is 0.462. The molecule has 0 aliphatic rings. The van der Waals surface area contributed by atoms with E-state index < -0.39 is 0 Å². The molecule has 0 aliphatic carbocycles. The highest BCUT2D eigenvalue weighted by Crippen LogP contribution is 2.24. The minimum atomic E-state index is 0.0342. The van der Waals surface area contributed by atoms with Gasteiger partial charge >= 0.3 is 0 Å². The molecule has 0 unspecified atom stereocenters. The maximum Gasteiger partial charge on any atom is 0.225 e. The number of hydrogen-bond donors (Lipinski definition) is 1. The minimum Gasteiger partial charge on any atom is -0.491 e. The van der Waals surface area contributed by atoms with Crippen molar-refractivity contribution in [2.45, 2.75) is 19.8 Å². The highest BCUT2D eigenvalue weighted by Gasteiger charge is 2.06. The maximum atomic E-state index is 11.6. The second-order valence-electron chi connectivity index (χ2n) is 3.64. The predicted molar refractivity (Wildman–Crippen MR) is 73.9 cm³/mol. The second-order valence-corrected chi connectivity index (χ2v) is 4.62. The Bertz CT molecular complexity index is 355. The van der Waals surface area contributed by atoms with Crippen LogP contribution in [0.4, 0.5) is 5.69 Å². The number of rotatable bonds is 7. The molecule has 4 heteroatoms. The zero-order chi connectivity index (χ0) is 12.5. The summed E-state index contributed by atoms with van der Waals surface area (Å²) in [5.41, 5.74) is 0.757. The van der Waals surface area contributed by atoms with E-state index in [1.54, 1.807) is 11.8 Å². The number of benzene rings is 1. The second kappa shape index (κ2) is 8.01. The smallest absolute Gasteiger partial charge is 0.225 e. The first-order valence-electron chi connectivity index (χ1n) is 5.78. The molecule has 0 saturated carbocycles. The summed E-state index contributed by atoms with van der Waals surface area (Å²) in [4.78, 5) is 11.6. The molecule has 1 amide bonds. The van der Waals surface area contributed by atoms with E-state index >= 15 is 0 Å². The molecular weight excluding hydrogens is 234 g/mol. The average molecular weight is 253 g/mol. The van der Waals surface area contributed by atoms with Gasteiger partial charge in [0.05, 0.1) is 12.3 Å². The Morgan fingerprint density at radius 2 is 2.18 bits per heavy atom. The summed E-state index contributed by atoms with van der Waals surface area (Å²) in [5.74, 6) is 1.61. The van der Waals surface area contributed by atoms with Gasteiger partial charge in [0.15, 0.2) is 0 Å². The van der Waals surface area contributed by atoms with Crippen LogP contribution in [-0.2, 0) is 4.79 Å². The van der Waals surface area contributed by atoms with E-state index in [1.807, 2.05) is 30.5 Å². The highest BCUT2D eigenvalue weighted by molar-refractivity contribution is 7.98. The number of amides is 1. The van der Waals surface area contributed by atoms with E-state index in [2.05, 4.69) is 12.2 Å². The van der Waals surface area contributed by atoms with Gasteiger partial charge in [0.2, 0.25) is 5.91 Å². The number of thioether (sulfide) groups is 1. The summed E-state index contributed by atoms with van der Waals surface area (Å²) in [6, 6.07) is 7.54. The lowest BCUT2D eigenvalue weighted by molar-refractivity contribution is -0.115. The van der Waals surface area contributed by atoms with Crippen molar-refractivity contribution >= 4 is 23.4 Å². The Morgan fingerprint density at radius 3 is 2.88 bits per heavy atom. The lowest BCUT2D eigenvalue weighted by Gasteiger charge is -2.11. The number of ether oxygens (including phenoxy) is 1. The zero-order valence-electron chi connectivity index (χ0n) is 10.4. The lowest BCUT2D eigenvalue weighted by atomic mass is 10.3. The summed E-state index contributed by atoms with van der Waals surface area (Å²) in [6.45, 7) is 2.72. The van der Waals surface area contributed by atoms with Gasteiger partial charge in [-0.3, -0.25) is 4.79 Å². The van der Waals surface area contributed by atoms with Crippen molar-refractivity contribution in [2.75, 3.05) is 23.9 Å². The quantitative estimate of drug-likeness (QED) is 0.811. The van der Waals surface area contributed by atoms with Crippen molar-refractivity contribution < 1.29 is 9.53 Å². The molecular formula is C13H19NO2S. The van der Waals surface area contributed by atoms with Crippen LogP contribution in [0.1, 0.15) is 19.8 Å². The molecule has 1 N–H and O–H groups in total. The molecule has 0 aliphatic heterocycles. The third kappa shape index (κ3) is 5.13. The lowest BCUT2D eigenvalue weighted by Crippen LogP contribution is -2.13. The van der Waals surface area contributed by atoms with Gasteiger partial charge in [0.1, 0.15) is 5.75 Å². The van der Waals surface area contributed by atoms with Gasteiger partial charge in [-0.1, -0.05) is 19.1 Å². The summed E-state index contributed by atoms with van der Waals surface area (Å²) in [6.07, 6.45) is 3.48. The molecule has 0 fully saturated rings. The third-order valence-corrected chi connectivity index (χ3v) is 2.77. The van der Waals surface area contributed by atoms with Crippen molar-refractivity contribution in [3.8, 4) is 5.75 Å². The molecule has 0 heterocycles. The van der Waals surface area contributed by atoms with E-state index in [0.29, 0.717) is 13.0 Å². The van der Waals surface area contributed by atoms with Crippen LogP contribution >= 0.6 is 11.8 Å². The van der Waals surface area contributed by atoms with E-state index in [9.17, 15) is 4.79 Å². The molecule has 0 spiro atoms. The van der Waals surface area contributed by atoms with Crippen LogP contribution < -0.4 is 10.1 Å². The molecule has 17 heavy (non-hydrogen) atoms. The van der Waals surface area contributed by atoms with Gasteiger partial charge in [-0.05, 0) is 24.8 Å². The summed E-state index contributed by atoms with van der Waals surface area (Å²) in [5, 5.41) is 2.88. The van der Waals surface area contributed by atoms with Crippen molar-refractivity contribution in [1.82, 2.24) is 0 Å². The standard InChI is InChI=1S/C13H19NO2S/c1-3-9-16-12-7-5-4-6-11(12)14-13(15)8-10-17-2/h4-7H,3,8-10H2,1-2H3,(H,14,15). The number of carbonyl (C=O) groups is 1. The van der Waals surface area contributed by atoms with E-state index in [-0.39, 0.29) is 5.91 Å². The van der Waals surface area contributed by atoms with Crippen LogP contribution in [0.3, 0.4) is 0 Å². The molecule has 1 rings (SSSR count). The Balaban J connectivity index is 2.59. The number of carbonyl (C=O) groups excluding carboxylic acids is 1. The Labute approximate surface area is 107 Å². The largest absolute Gasteiger partial charge is 0.491 e. The van der Waals surface area contributed by atoms with Gasteiger partial charge in [-0.2, -0.15) is 11.8 Å². The van der Waals surface area contributed by atoms with Crippen molar-refractivity contribution in [3.05, 3.63) is 24.3 Å². The molecule has 0 saturated heterocycles. The van der Waals surface area contributed by atoms with E-state index in [1.165, 1.54) is 0 Å². The molecule has 1 aromatic rings. The zero-order valence-corrected chi connectivity index (χ0v) is 11.2. The maximum absolute atomic E-state index is 11.6. The fourth-order valence-corrected chi connectivity index (χ4v) is 1.70. The third-order valence-electron chi connectivity index (χ3n) is 2.16. The number of anilines is 1. The summed E-state index contributed by atoms with van der Waals surface area (Å²) in [7, 11) is 0. The highest BCUT2D eigenvalue weighted by atomic mass is 32.2.